The number of carboxylic acids is 1. The van der Waals surface area contributed by atoms with E-state index in [1.165, 1.54) is 18.3 Å². The lowest BCUT2D eigenvalue weighted by atomic mass is 10.2. The Hall–Kier alpha value is -2.21. The van der Waals surface area contributed by atoms with Crippen molar-refractivity contribution >= 4 is 33.5 Å². The fraction of sp³-hybridized carbons (Fsp3) is 0. The fourth-order valence-electron chi connectivity index (χ4n) is 1.48. The van der Waals surface area contributed by atoms with Gasteiger partial charge in [-0.05, 0) is 46.3 Å². The fourth-order valence-corrected chi connectivity index (χ4v) is 1.84. The Bertz CT molecular complexity index is 643. The molecule has 0 aliphatic rings. The Labute approximate surface area is 117 Å². The number of rotatable bonds is 3. The van der Waals surface area contributed by atoms with Gasteiger partial charge < -0.3 is 10.4 Å². The number of nitrogens with one attached hydrogen (secondary N) is 1. The van der Waals surface area contributed by atoms with E-state index < -0.39 is 5.97 Å². The monoisotopic (exact) mass is 320 g/mol. The molecule has 2 aromatic rings. The van der Waals surface area contributed by atoms with E-state index in [-0.39, 0.29) is 11.5 Å². The summed E-state index contributed by atoms with van der Waals surface area (Å²) in [6, 6.07) is 9.21. The number of anilines is 1. The molecule has 0 spiro atoms. The van der Waals surface area contributed by atoms with E-state index in [1.807, 2.05) is 0 Å². The molecule has 0 saturated carbocycles. The second-order valence-electron chi connectivity index (χ2n) is 3.71. The molecule has 5 nitrogen and oxygen atoms in total. The smallest absolute Gasteiger partial charge is 0.335 e. The molecule has 0 bridgehead atoms. The molecule has 2 N–H and O–H groups in total. The van der Waals surface area contributed by atoms with Crippen LogP contribution in [-0.2, 0) is 0 Å². The van der Waals surface area contributed by atoms with Crippen LogP contribution in [0, 0.1) is 0 Å². The van der Waals surface area contributed by atoms with Crippen LogP contribution in [0.1, 0.15) is 20.7 Å². The number of carbonyl (C=O) groups is 2. The maximum atomic E-state index is 11.9. The largest absolute Gasteiger partial charge is 0.478 e. The summed E-state index contributed by atoms with van der Waals surface area (Å²) in [5, 5.41) is 11.5. The van der Waals surface area contributed by atoms with Gasteiger partial charge in [-0.25, -0.2) is 9.78 Å². The molecular formula is C13H9BrN2O3. The van der Waals surface area contributed by atoms with Crippen LogP contribution in [0.25, 0.3) is 0 Å². The lowest BCUT2D eigenvalue weighted by Crippen LogP contribution is -2.12. The number of hydrogen-bond donors (Lipinski definition) is 2. The minimum atomic E-state index is -1.04. The third kappa shape index (κ3) is 3.38. The number of aromatic nitrogens is 1. The van der Waals surface area contributed by atoms with Crippen molar-refractivity contribution in [2.24, 2.45) is 0 Å². The van der Waals surface area contributed by atoms with E-state index in [2.05, 4.69) is 26.2 Å². The summed E-state index contributed by atoms with van der Waals surface area (Å²) in [5.41, 5.74) is 0.981. The standard InChI is InChI=1S/C13H9BrN2O3/c14-11-7-8(4-5-15-11)12(17)16-10-3-1-2-9(6-10)13(18)19/h1-7H,(H,16,17)(H,18,19). The zero-order chi connectivity index (χ0) is 13.8. The summed E-state index contributed by atoms with van der Waals surface area (Å²) in [7, 11) is 0. The first kappa shape index (κ1) is 13.2. The minimum absolute atomic E-state index is 0.119. The average molecular weight is 321 g/mol. The number of pyridine rings is 1. The number of halogens is 1. The molecule has 0 radical (unpaired) electrons. The van der Waals surface area contributed by atoms with Gasteiger partial charge in [0.1, 0.15) is 4.60 Å². The SMILES string of the molecule is O=C(O)c1cccc(NC(=O)c2ccnc(Br)c2)c1. The molecule has 96 valence electrons. The first-order chi connectivity index (χ1) is 9.06. The summed E-state index contributed by atoms with van der Waals surface area (Å²) in [6.07, 6.45) is 1.51. The first-order valence-corrected chi connectivity index (χ1v) is 6.12. The molecule has 0 unspecified atom stereocenters. The van der Waals surface area contributed by atoms with Crippen molar-refractivity contribution in [1.82, 2.24) is 4.98 Å². The highest BCUT2D eigenvalue weighted by Crippen LogP contribution is 2.14. The zero-order valence-electron chi connectivity index (χ0n) is 9.63. The van der Waals surface area contributed by atoms with Crippen molar-refractivity contribution in [3.63, 3.8) is 0 Å². The van der Waals surface area contributed by atoms with E-state index >= 15 is 0 Å². The summed E-state index contributed by atoms with van der Waals surface area (Å²) < 4.78 is 0.555. The summed E-state index contributed by atoms with van der Waals surface area (Å²) in [5.74, 6) is -1.37. The zero-order valence-corrected chi connectivity index (χ0v) is 11.2. The molecule has 0 fully saturated rings. The summed E-state index contributed by atoms with van der Waals surface area (Å²) in [4.78, 5) is 26.7. The van der Waals surface area contributed by atoms with Gasteiger partial charge in [-0.1, -0.05) is 6.07 Å². The van der Waals surface area contributed by atoms with E-state index in [1.54, 1.807) is 24.3 Å². The molecule has 1 aromatic heterocycles. The van der Waals surface area contributed by atoms with Crippen molar-refractivity contribution in [3.05, 3.63) is 58.3 Å². The number of carbonyl (C=O) groups excluding carboxylic acids is 1. The Morgan fingerprint density at radius 1 is 1.16 bits per heavy atom. The van der Waals surface area contributed by atoms with E-state index in [9.17, 15) is 9.59 Å². The average Bonchev–Trinajstić information content (AvgIpc) is 2.39. The molecular weight excluding hydrogens is 312 g/mol. The second-order valence-corrected chi connectivity index (χ2v) is 4.52. The van der Waals surface area contributed by atoms with Crippen molar-refractivity contribution in [1.29, 1.82) is 0 Å². The van der Waals surface area contributed by atoms with Crippen LogP contribution in [0.4, 0.5) is 5.69 Å². The van der Waals surface area contributed by atoms with E-state index in [0.29, 0.717) is 15.9 Å². The highest BCUT2D eigenvalue weighted by Gasteiger charge is 2.08. The van der Waals surface area contributed by atoms with Crippen molar-refractivity contribution < 1.29 is 14.7 Å². The lowest BCUT2D eigenvalue weighted by molar-refractivity contribution is 0.0696. The predicted molar refractivity (Wildman–Crippen MR) is 73.3 cm³/mol. The molecule has 1 aromatic carbocycles. The Balaban J connectivity index is 2.19. The molecule has 0 saturated heterocycles. The third-order valence-electron chi connectivity index (χ3n) is 2.36. The van der Waals surface area contributed by atoms with Gasteiger partial charge in [0.05, 0.1) is 5.56 Å². The van der Waals surface area contributed by atoms with Crippen LogP contribution in [-0.4, -0.2) is 22.0 Å². The third-order valence-corrected chi connectivity index (χ3v) is 2.79. The number of carboxylic acid groups (broad SMARTS) is 1. The minimum Gasteiger partial charge on any atom is -0.478 e. The maximum absolute atomic E-state index is 11.9. The Morgan fingerprint density at radius 3 is 2.63 bits per heavy atom. The van der Waals surface area contributed by atoms with Gasteiger partial charge in [-0.2, -0.15) is 0 Å². The van der Waals surface area contributed by atoms with Gasteiger partial charge in [-0.15, -0.1) is 0 Å². The van der Waals surface area contributed by atoms with E-state index in [0.717, 1.165) is 0 Å². The van der Waals surface area contributed by atoms with Gasteiger partial charge >= 0.3 is 5.97 Å². The van der Waals surface area contributed by atoms with Gasteiger partial charge in [0.2, 0.25) is 0 Å². The van der Waals surface area contributed by atoms with Crippen LogP contribution >= 0.6 is 15.9 Å². The van der Waals surface area contributed by atoms with Crippen molar-refractivity contribution in [3.8, 4) is 0 Å². The number of hydrogen-bond acceptors (Lipinski definition) is 3. The van der Waals surface area contributed by atoms with E-state index in [4.69, 9.17) is 5.11 Å². The molecule has 0 aliphatic carbocycles. The molecule has 0 aliphatic heterocycles. The number of amides is 1. The second kappa shape index (κ2) is 5.62. The normalized spacial score (nSPS) is 9.95. The number of benzene rings is 1. The van der Waals surface area contributed by atoms with Crippen molar-refractivity contribution in [2.45, 2.75) is 0 Å². The molecule has 1 amide bonds. The van der Waals surface area contributed by atoms with Gasteiger partial charge in [0.15, 0.2) is 0 Å². The van der Waals surface area contributed by atoms with Crippen LogP contribution in [0.3, 0.4) is 0 Å². The van der Waals surface area contributed by atoms with Crippen LogP contribution < -0.4 is 5.32 Å². The molecule has 6 heteroatoms. The first-order valence-electron chi connectivity index (χ1n) is 5.32. The molecule has 2 rings (SSSR count). The highest BCUT2D eigenvalue weighted by atomic mass is 79.9. The molecule has 1 heterocycles. The maximum Gasteiger partial charge on any atom is 0.335 e. The van der Waals surface area contributed by atoms with Gasteiger partial charge in [0, 0.05) is 17.4 Å². The predicted octanol–water partition coefficient (Wildman–Crippen LogP) is 2.79. The Kier molecular flexibility index (Phi) is 3.91. The highest BCUT2D eigenvalue weighted by molar-refractivity contribution is 9.10. The van der Waals surface area contributed by atoms with Crippen LogP contribution in [0.2, 0.25) is 0 Å². The summed E-state index contributed by atoms with van der Waals surface area (Å²) in [6.45, 7) is 0. The van der Waals surface area contributed by atoms with Gasteiger partial charge in [0.25, 0.3) is 5.91 Å². The van der Waals surface area contributed by atoms with Crippen LogP contribution in [0.15, 0.2) is 47.2 Å². The Morgan fingerprint density at radius 2 is 1.95 bits per heavy atom. The number of nitrogens with zero attached hydrogens (tertiary/aromatic N) is 1. The quantitative estimate of drug-likeness (QED) is 0.852. The number of aromatic carboxylic acids is 1. The van der Waals surface area contributed by atoms with Crippen LogP contribution in [0.5, 0.6) is 0 Å². The van der Waals surface area contributed by atoms with Gasteiger partial charge in [-0.3, -0.25) is 4.79 Å². The van der Waals surface area contributed by atoms with Crippen molar-refractivity contribution in [2.75, 3.05) is 5.32 Å². The molecule has 0 atom stereocenters. The topological polar surface area (TPSA) is 79.3 Å². The molecule has 19 heavy (non-hydrogen) atoms. The summed E-state index contributed by atoms with van der Waals surface area (Å²) >= 11 is 3.18. The lowest BCUT2D eigenvalue weighted by Gasteiger charge is -2.06.